The highest BCUT2D eigenvalue weighted by molar-refractivity contribution is 5.61. The van der Waals surface area contributed by atoms with Crippen molar-refractivity contribution in [3.05, 3.63) is 66.2 Å². The van der Waals surface area contributed by atoms with Gasteiger partial charge in [0.05, 0.1) is 5.56 Å². The van der Waals surface area contributed by atoms with E-state index in [1.54, 1.807) is 24.3 Å². The van der Waals surface area contributed by atoms with Crippen LogP contribution in [0.5, 0.6) is 11.5 Å². The van der Waals surface area contributed by atoms with E-state index in [9.17, 15) is 13.2 Å². The Morgan fingerprint density at radius 2 is 1.60 bits per heavy atom. The largest absolute Gasteiger partial charge is 0.457 e. The van der Waals surface area contributed by atoms with Gasteiger partial charge in [-0.3, -0.25) is 0 Å². The molecule has 0 heterocycles. The van der Waals surface area contributed by atoms with E-state index >= 15 is 0 Å². The summed E-state index contributed by atoms with van der Waals surface area (Å²) in [6, 6.07) is 11.9. The molecule has 0 aromatic heterocycles. The average molecular weight is 278 g/mol. The lowest BCUT2D eigenvalue weighted by molar-refractivity contribution is -0.138. The molecule has 2 aromatic carbocycles. The monoisotopic (exact) mass is 278 g/mol. The van der Waals surface area contributed by atoms with E-state index < -0.39 is 11.7 Å². The van der Waals surface area contributed by atoms with Crippen LogP contribution in [0.1, 0.15) is 18.1 Å². The molecule has 0 saturated heterocycles. The molecule has 0 bridgehead atoms. The molecule has 0 aliphatic heterocycles. The Bertz CT molecular complexity index is 612. The summed E-state index contributed by atoms with van der Waals surface area (Å²) < 4.78 is 43.8. The SMILES string of the molecule is C=C(C)c1ccc(Oc2ccccc2C(F)(F)F)cc1. The van der Waals surface area contributed by atoms with Crippen molar-refractivity contribution in [2.45, 2.75) is 13.1 Å². The summed E-state index contributed by atoms with van der Waals surface area (Å²) in [4.78, 5) is 0. The van der Waals surface area contributed by atoms with Crippen molar-refractivity contribution in [2.75, 3.05) is 0 Å². The first-order chi connectivity index (χ1) is 9.38. The van der Waals surface area contributed by atoms with Crippen LogP contribution in [0, 0.1) is 0 Å². The molecule has 0 fully saturated rings. The number of rotatable bonds is 3. The zero-order valence-corrected chi connectivity index (χ0v) is 10.9. The highest BCUT2D eigenvalue weighted by Crippen LogP contribution is 2.37. The predicted molar refractivity (Wildman–Crippen MR) is 72.7 cm³/mol. The number of para-hydroxylation sites is 1. The van der Waals surface area contributed by atoms with Crippen LogP contribution in [0.15, 0.2) is 55.1 Å². The van der Waals surface area contributed by atoms with E-state index in [4.69, 9.17) is 4.74 Å². The van der Waals surface area contributed by atoms with E-state index in [0.717, 1.165) is 17.2 Å². The Morgan fingerprint density at radius 3 is 2.15 bits per heavy atom. The standard InChI is InChI=1S/C16H13F3O/c1-11(2)12-7-9-13(10-8-12)20-15-6-4-3-5-14(15)16(17,18)19/h3-10H,1H2,2H3. The van der Waals surface area contributed by atoms with E-state index in [2.05, 4.69) is 6.58 Å². The fourth-order valence-electron chi connectivity index (χ4n) is 1.72. The van der Waals surface area contributed by atoms with Gasteiger partial charge in [0, 0.05) is 0 Å². The number of hydrogen-bond acceptors (Lipinski definition) is 1. The van der Waals surface area contributed by atoms with Gasteiger partial charge in [0.25, 0.3) is 0 Å². The van der Waals surface area contributed by atoms with Crippen molar-refractivity contribution in [1.82, 2.24) is 0 Å². The van der Waals surface area contributed by atoms with Gasteiger partial charge in [-0.15, -0.1) is 0 Å². The molecule has 0 unspecified atom stereocenters. The van der Waals surface area contributed by atoms with Gasteiger partial charge in [-0.25, -0.2) is 0 Å². The first kappa shape index (κ1) is 14.2. The maximum atomic E-state index is 12.8. The van der Waals surface area contributed by atoms with Crippen LogP contribution in [0.25, 0.3) is 5.57 Å². The van der Waals surface area contributed by atoms with Crippen LogP contribution in [0.2, 0.25) is 0 Å². The van der Waals surface area contributed by atoms with Gasteiger partial charge in [0.2, 0.25) is 0 Å². The minimum absolute atomic E-state index is 0.205. The van der Waals surface area contributed by atoms with Gasteiger partial charge in [-0.05, 0) is 36.8 Å². The maximum absolute atomic E-state index is 12.8. The van der Waals surface area contributed by atoms with Gasteiger partial charge >= 0.3 is 6.18 Å². The molecule has 0 radical (unpaired) electrons. The summed E-state index contributed by atoms with van der Waals surface area (Å²) in [5.74, 6) is 0.148. The third kappa shape index (κ3) is 3.20. The summed E-state index contributed by atoms with van der Waals surface area (Å²) >= 11 is 0. The zero-order valence-electron chi connectivity index (χ0n) is 10.9. The summed E-state index contributed by atoms with van der Waals surface area (Å²) in [7, 11) is 0. The van der Waals surface area contributed by atoms with Crippen molar-refractivity contribution in [3.63, 3.8) is 0 Å². The number of allylic oxidation sites excluding steroid dienone is 1. The Balaban J connectivity index is 2.28. The average Bonchev–Trinajstić information content (AvgIpc) is 2.38. The van der Waals surface area contributed by atoms with Crippen LogP contribution in [0.3, 0.4) is 0 Å². The Kier molecular flexibility index (Phi) is 3.84. The molecule has 0 spiro atoms. The minimum atomic E-state index is -4.44. The molecule has 104 valence electrons. The van der Waals surface area contributed by atoms with Gasteiger partial charge in [0.1, 0.15) is 11.5 Å². The van der Waals surface area contributed by atoms with Gasteiger partial charge in [0.15, 0.2) is 0 Å². The Hall–Kier alpha value is -2.23. The molecule has 0 aliphatic carbocycles. The second-order valence-corrected chi connectivity index (χ2v) is 4.40. The van der Waals surface area contributed by atoms with Crippen LogP contribution in [-0.4, -0.2) is 0 Å². The molecule has 0 amide bonds. The molecular formula is C16H13F3O. The summed E-state index contributed by atoms with van der Waals surface area (Å²) in [5.41, 5.74) is 1.01. The van der Waals surface area contributed by atoms with Crippen LogP contribution in [0.4, 0.5) is 13.2 Å². The Labute approximate surface area is 115 Å². The Morgan fingerprint density at radius 1 is 1.00 bits per heavy atom. The van der Waals surface area contributed by atoms with Crippen LogP contribution < -0.4 is 4.74 Å². The van der Waals surface area contributed by atoms with Crippen molar-refractivity contribution < 1.29 is 17.9 Å². The number of ether oxygens (including phenoxy) is 1. The molecule has 20 heavy (non-hydrogen) atoms. The minimum Gasteiger partial charge on any atom is -0.457 e. The highest BCUT2D eigenvalue weighted by atomic mass is 19.4. The quantitative estimate of drug-likeness (QED) is 0.717. The molecule has 4 heteroatoms. The number of hydrogen-bond donors (Lipinski definition) is 0. The topological polar surface area (TPSA) is 9.23 Å². The molecule has 0 atom stereocenters. The van der Waals surface area contributed by atoms with E-state index in [0.29, 0.717) is 5.75 Å². The van der Waals surface area contributed by atoms with E-state index in [1.807, 2.05) is 6.92 Å². The maximum Gasteiger partial charge on any atom is 0.419 e. The molecule has 2 aromatic rings. The van der Waals surface area contributed by atoms with Crippen molar-refractivity contribution >= 4 is 5.57 Å². The molecule has 1 nitrogen and oxygen atoms in total. The van der Waals surface area contributed by atoms with Crippen LogP contribution >= 0.6 is 0 Å². The smallest absolute Gasteiger partial charge is 0.419 e. The van der Waals surface area contributed by atoms with E-state index in [1.165, 1.54) is 18.2 Å². The fraction of sp³-hybridized carbons (Fsp3) is 0.125. The predicted octanol–water partition coefficient (Wildman–Crippen LogP) is 5.53. The zero-order chi connectivity index (χ0) is 14.8. The second kappa shape index (κ2) is 5.41. The summed E-state index contributed by atoms with van der Waals surface area (Å²) in [6.45, 7) is 5.65. The van der Waals surface area contributed by atoms with Gasteiger partial charge < -0.3 is 4.74 Å². The molecule has 0 aliphatic rings. The normalized spacial score (nSPS) is 11.2. The van der Waals surface area contributed by atoms with Crippen LogP contribution in [-0.2, 0) is 6.18 Å². The summed E-state index contributed by atoms with van der Waals surface area (Å²) in [6.07, 6.45) is -4.44. The molecular weight excluding hydrogens is 265 g/mol. The first-order valence-corrected chi connectivity index (χ1v) is 5.98. The first-order valence-electron chi connectivity index (χ1n) is 5.98. The summed E-state index contributed by atoms with van der Waals surface area (Å²) in [5, 5.41) is 0. The lowest BCUT2D eigenvalue weighted by Gasteiger charge is -2.13. The second-order valence-electron chi connectivity index (χ2n) is 4.40. The molecule has 0 saturated carbocycles. The molecule has 0 N–H and O–H groups in total. The number of halogens is 3. The van der Waals surface area contributed by atoms with E-state index in [-0.39, 0.29) is 5.75 Å². The van der Waals surface area contributed by atoms with Crippen molar-refractivity contribution in [1.29, 1.82) is 0 Å². The third-order valence-electron chi connectivity index (χ3n) is 2.77. The van der Waals surface area contributed by atoms with Gasteiger partial charge in [-0.2, -0.15) is 13.2 Å². The van der Waals surface area contributed by atoms with Gasteiger partial charge in [-0.1, -0.05) is 36.4 Å². The molecule has 2 rings (SSSR count). The fourth-order valence-corrected chi connectivity index (χ4v) is 1.72. The van der Waals surface area contributed by atoms with Crippen molar-refractivity contribution in [2.24, 2.45) is 0 Å². The highest BCUT2D eigenvalue weighted by Gasteiger charge is 2.34. The lowest BCUT2D eigenvalue weighted by atomic mass is 10.1. The number of alkyl halides is 3. The van der Waals surface area contributed by atoms with Crippen molar-refractivity contribution in [3.8, 4) is 11.5 Å². The lowest BCUT2D eigenvalue weighted by Crippen LogP contribution is -2.06. The number of benzene rings is 2. The third-order valence-corrected chi connectivity index (χ3v) is 2.77.